The van der Waals surface area contributed by atoms with Gasteiger partial charge in [0.05, 0.1) is 5.56 Å². The van der Waals surface area contributed by atoms with E-state index in [4.69, 9.17) is 4.74 Å². The van der Waals surface area contributed by atoms with Crippen molar-refractivity contribution in [3.05, 3.63) is 29.8 Å². The van der Waals surface area contributed by atoms with Crippen LogP contribution in [-0.4, -0.2) is 43.1 Å². The molecule has 0 aromatic heterocycles. The Hall–Kier alpha value is -1.76. The number of rotatable bonds is 4. The van der Waals surface area contributed by atoms with Crippen molar-refractivity contribution >= 4 is 5.91 Å². The van der Waals surface area contributed by atoms with Crippen LogP contribution in [0, 0.1) is 0 Å². The summed E-state index contributed by atoms with van der Waals surface area (Å²) < 4.78 is 44.2. The average molecular weight is 330 g/mol. The SMILES string of the molecule is CNC1CCN(C(=O)C(C)Oc2ccccc2C(F)(F)F)CC1. The molecule has 1 aliphatic rings. The van der Waals surface area contributed by atoms with Crippen LogP contribution in [0.2, 0.25) is 0 Å². The zero-order valence-corrected chi connectivity index (χ0v) is 13.2. The first-order valence-corrected chi connectivity index (χ1v) is 7.62. The molecule has 0 aliphatic carbocycles. The fraction of sp³-hybridized carbons (Fsp3) is 0.562. The Morgan fingerprint density at radius 3 is 2.48 bits per heavy atom. The summed E-state index contributed by atoms with van der Waals surface area (Å²) in [5.41, 5.74) is -0.867. The van der Waals surface area contributed by atoms with Crippen LogP contribution in [-0.2, 0) is 11.0 Å². The zero-order chi connectivity index (χ0) is 17.0. The van der Waals surface area contributed by atoms with Gasteiger partial charge in [-0.15, -0.1) is 0 Å². The molecule has 1 aromatic carbocycles. The van der Waals surface area contributed by atoms with E-state index < -0.39 is 17.8 Å². The topological polar surface area (TPSA) is 41.6 Å². The maximum absolute atomic E-state index is 13.0. The van der Waals surface area contributed by atoms with Crippen molar-refractivity contribution in [3.8, 4) is 5.75 Å². The number of benzene rings is 1. The predicted molar refractivity (Wildman–Crippen MR) is 80.2 cm³/mol. The highest BCUT2D eigenvalue weighted by molar-refractivity contribution is 5.81. The molecule has 1 N–H and O–H groups in total. The number of carbonyl (C=O) groups excluding carboxylic acids is 1. The van der Waals surface area contributed by atoms with Crippen molar-refractivity contribution in [1.29, 1.82) is 0 Å². The molecule has 2 rings (SSSR count). The van der Waals surface area contributed by atoms with E-state index >= 15 is 0 Å². The molecule has 23 heavy (non-hydrogen) atoms. The van der Waals surface area contributed by atoms with Crippen molar-refractivity contribution in [3.63, 3.8) is 0 Å². The van der Waals surface area contributed by atoms with Crippen molar-refractivity contribution in [2.45, 2.75) is 38.1 Å². The molecule has 1 fully saturated rings. The number of nitrogens with one attached hydrogen (secondary N) is 1. The standard InChI is InChI=1S/C16H21F3N2O2/c1-11(15(22)21-9-7-12(20-2)8-10-21)23-14-6-4-3-5-13(14)16(17,18)19/h3-6,11-12,20H,7-10H2,1-2H3. The summed E-state index contributed by atoms with van der Waals surface area (Å²) in [4.78, 5) is 14.0. The molecule has 1 aromatic rings. The predicted octanol–water partition coefficient (Wildman–Crippen LogP) is 2.68. The lowest BCUT2D eigenvalue weighted by Crippen LogP contribution is -2.48. The molecule has 128 valence electrons. The number of hydrogen-bond donors (Lipinski definition) is 1. The van der Waals surface area contributed by atoms with Gasteiger partial charge in [0, 0.05) is 19.1 Å². The largest absolute Gasteiger partial charge is 0.480 e. The lowest BCUT2D eigenvalue weighted by atomic mass is 10.0. The van der Waals surface area contributed by atoms with E-state index in [2.05, 4.69) is 5.32 Å². The molecule has 4 nitrogen and oxygen atoms in total. The third-order valence-electron chi connectivity index (χ3n) is 4.06. The smallest absolute Gasteiger partial charge is 0.419 e. The van der Waals surface area contributed by atoms with Gasteiger partial charge in [0.1, 0.15) is 5.75 Å². The van der Waals surface area contributed by atoms with E-state index in [0.717, 1.165) is 18.9 Å². The van der Waals surface area contributed by atoms with Crippen LogP contribution in [0.5, 0.6) is 5.75 Å². The molecule has 0 radical (unpaired) electrons. The van der Waals surface area contributed by atoms with Gasteiger partial charge < -0.3 is 15.0 Å². The molecule has 1 saturated heterocycles. The lowest BCUT2D eigenvalue weighted by Gasteiger charge is -2.33. The van der Waals surface area contributed by atoms with Crippen LogP contribution < -0.4 is 10.1 Å². The summed E-state index contributed by atoms with van der Waals surface area (Å²) >= 11 is 0. The van der Waals surface area contributed by atoms with Gasteiger partial charge in [0.25, 0.3) is 5.91 Å². The normalized spacial score (nSPS) is 17.9. The maximum Gasteiger partial charge on any atom is 0.419 e. The Labute approximate surface area is 133 Å². The number of likely N-dealkylation sites (tertiary alicyclic amines) is 1. The van der Waals surface area contributed by atoms with Gasteiger partial charge in [-0.1, -0.05) is 12.1 Å². The summed E-state index contributed by atoms with van der Waals surface area (Å²) in [6, 6.07) is 5.32. The van der Waals surface area contributed by atoms with E-state index in [-0.39, 0.29) is 11.7 Å². The van der Waals surface area contributed by atoms with Crippen LogP contribution in [0.15, 0.2) is 24.3 Å². The van der Waals surface area contributed by atoms with Crippen LogP contribution in [0.4, 0.5) is 13.2 Å². The van der Waals surface area contributed by atoms with Crippen LogP contribution >= 0.6 is 0 Å². The summed E-state index contributed by atoms with van der Waals surface area (Å²) in [6.07, 6.45) is -3.81. The summed E-state index contributed by atoms with van der Waals surface area (Å²) in [5, 5.41) is 3.16. The summed E-state index contributed by atoms with van der Waals surface area (Å²) in [5.74, 6) is -0.595. The van der Waals surface area contributed by atoms with E-state index in [1.165, 1.54) is 25.1 Å². The first-order valence-electron chi connectivity index (χ1n) is 7.62. The van der Waals surface area contributed by atoms with Gasteiger partial charge in [0.15, 0.2) is 6.10 Å². The molecule has 0 spiro atoms. The molecule has 7 heteroatoms. The Balaban J connectivity index is 2.02. The molecule has 1 amide bonds. The number of hydrogen-bond acceptors (Lipinski definition) is 3. The van der Waals surface area contributed by atoms with Crippen molar-refractivity contribution in [2.24, 2.45) is 0 Å². The Morgan fingerprint density at radius 2 is 1.91 bits per heavy atom. The summed E-state index contributed by atoms with van der Waals surface area (Å²) in [7, 11) is 1.88. The number of piperidine rings is 1. The zero-order valence-electron chi connectivity index (χ0n) is 13.2. The van der Waals surface area contributed by atoms with E-state index in [1.54, 1.807) is 4.90 Å². The number of para-hydroxylation sites is 1. The monoisotopic (exact) mass is 330 g/mol. The molecule has 1 aliphatic heterocycles. The van der Waals surface area contributed by atoms with E-state index in [9.17, 15) is 18.0 Å². The van der Waals surface area contributed by atoms with Gasteiger partial charge in [-0.2, -0.15) is 13.2 Å². The minimum absolute atomic E-state index is 0.281. The highest BCUT2D eigenvalue weighted by Crippen LogP contribution is 2.36. The highest BCUT2D eigenvalue weighted by Gasteiger charge is 2.35. The fourth-order valence-corrected chi connectivity index (χ4v) is 2.69. The van der Waals surface area contributed by atoms with Gasteiger partial charge >= 0.3 is 6.18 Å². The highest BCUT2D eigenvalue weighted by atomic mass is 19.4. The van der Waals surface area contributed by atoms with Gasteiger partial charge in [-0.25, -0.2) is 0 Å². The minimum atomic E-state index is -4.51. The number of ether oxygens (including phenoxy) is 1. The van der Waals surface area contributed by atoms with Crippen LogP contribution in [0.25, 0.3) is 0 Å². The van der Waals surface area contributed by atoms with Crippen LogP contribution in [0.1, 0.15) is 25.3 Å². The second-order valence-electron chi connectivity index (χ2n) is 5.64. The third-order valence-corrected chi connectivity index (χ3v) is 4.06. The second-order valence-corrected chi connectivity index (χ2v) is 5.64. The van der Waals surface area contributed by atoms with Crippen molar-refractivity contribution in [1.82, 2.24) is 10.2 Å². The number of halogens is 3. The molecule has 1 unspecified atom stereocenters. The minimum Gasteiger partial charge on any atom is -0.480 e. The lowest BCUT2D eigenvalue weighted by molar-refractivity contribution is -0.144. The van der Waals surface area contributed by atoms with Crippen LogP contribution in [0.3, 0.4) is 0 Å². The molecule has 0 saturated carbocycles. The first-order chi connectivity index (χ1) is 10.8. The van der Waals surface area contributed by atoms with E-state index in [0.29, 0.717) is 19.1 Å². The molecule has 0 bridgehead atoms. The quantitative estimate of drug-likeness (QED) is 0.923. The molecular formula is C16H21F3N2O2. The van der Waals surface area contributed by atoms with Crippen molar-refractivity contribution < 1.29 is 22.7 Å². The molecule has 1 atom stereocenters. The summed E-state index contributed by atoms with van der Waals surface area (Å²) in [6.45, 7) is 2.65. The number of amides is 1. The molecule has 1 heterocycles. The van der Waals surface area contributed by atoms with Crippen molar-refractivity contribution in [2.75, 3.05) is 20.1 Å². The third kappa shape index (κ3) is 4.37. The Kier molecular flexibility index (Phi) is 5.51. The number of nitrogens with zero attached hydrogens (tertiary/aromatic N) is 1. The maximum atomic E-state index is 13.0. The number of alkyl halides is 3. The van der Waals surface area contributed by atoms with Gasteiger partial charge in [0.2, 0.25) is 0 Å². The van der Waals surface area contributed by atoms with E-state index in [1.807, 2.05) is 7.05 Å². The molecular weight excluding hydrogens is 309 g/mol. The second kappa shape index (κ2) is 7.21. The first kappa shape index (κ1) is 17.6. The average Bonchev–Trinajstić information content (AvgIpc) is 2.53. The Bertz CT molecular complexity index is 540. The fourth-order valence-electron chi connectivity index (χ4n) is 2.69. The van der Waals surface area contributed by atoms with Gasteiger partial charge in [-0.3, -0.25) is 4.79 Å². The Morgan fingerprint density at radius 1 is 1.30 bits per heavy atom. The van der Waals surface area contributed by atoms with Gasteiger partial charge in [-0.05, 0) is 38.9 Å². The number of carbonyl (C=O) groups is 1.